The number of hydrogen-bond donors (Lipinski definition) is 0. The van der Waals surface area contributed by atoms with E-state index in [1.54, 1.807) is 18.2 Å². The Kier molecular flexibility index (Phi) is 5.62. The quantitative estimate of drug-likeness (QED) is 0.437. The van der Waals surface area contributed by atoms with Crippen molar-refractivity contribution in [2.75, 3.05) is 0 Å². The van der Waals surface area contributed by atoms with Crippen molar-refractivity contribution in [3.05, 3.63) is 106 Å². The van der Waals surface area contributed by atoms with Crippen LogP contribution in [0.15, 0.2) is 72.8 Å². The van der Waals surface area contributed by atoms with Gasteiger partial charge in [-0.15, -0.1) is 0 Å². The molecule has 0 aliphatic heterocycles. The van der Waals surface area contributed by atoms with Gasteiger partial charge in [-0.1, -0.05) is 84.4 Å². The lowest BCUT2D eigenvalue weighted by Crippen LogP contribution is -1.96. The van der Waals surface area contributed by atoms with Crippen LogP contribution < -0.4 is 0 Å². The van der Waals surface area contributed by atoms with Gasteiger partial charge >= 0.3 is 0 Å². The largest absolute Gasteiger partial charge is 0.242 e. The molecule has 0 aliphatic rings. The second-order valence-corrected chi connectivity index (χ2v) is 6.24. The molecule has 3 aromatic carbocycles. The fourth-order valence-electron chi connectivity index (χ4n) is 2.56. The fourth-order valence-corrected chi connectivity index (χ4v) is 2.68. The van der Waals surface area contributed by atoms with Gasteiger partial charge in [-0.05, 0) is 34.4 Å². The molecule has 0 nitrogen and oxygen atoms in total. The number of hydrogen-bond acceptors (Lipinski definition) is 0. The third-order valence-corrected chi connectivity index (χ3v) is 4.27. The predicted molar refractivity (Wildman–Crippen MR) is 101 cm³/mol. The van der Waals surface area contributed by atoms with Gasteiger partial charge in [0.1, 0.15) is 12.0 Å². The molecule has 0 amide bonds. The number of alkyl halides is 1. The van der Waals surface area contributed by atoms with E-state index in [0.29, 0.717) is 12.0 Å². The predicted octanol–water partition coefficient (Wildman–Crippen LogP) is 6.90. The summed E-state index contributed by atoms with van der Waals surface area (Å²) >= 11 is 5.67. The van der Waals surface area contributed by atoms with E-state index < -0.39 is 12.0 Å². The lowest BCUT2D eigenvalue weighted by Gasteiger charge is -2.08. The number of rotatable bonds is 5. The molecule has 25 heavy (non-hydrogen) atoms. The highest BCUT2D eigenvalue weighted by atomic mass is 35.5. The zero-order chi connectivity index (χ0) is 17.6. The second-order valence-electron chi connectivity index (χ2n) is 5.83. The van der Waals surface area contributed by atoms with Gasteiger partial charge in [-0.25, -0.2) is 8.78 Å². The first kappa shape index (κ1) is 17.4. The molecule has 0 aromatic heterocycles. The van der Waals surface area contributed by atoms with Crippen LogP contribution in [-0.2, 0) is 6.42 Å². The van der Waals surface area contributed by atoms with E-state index in [2.05, 4.69) is 0 Å². The van der Waals surface area contributed by atoms with E-state index in [9.17, 15) is 8.78 Å². The van der Waals surface area contributed by atoms with Crippen LogP contribution in [-0.4, -0.2) is 0 Å². The van der Waals surface area contributed by atoms with Crippen molar-refractivity contribution in [2.24, 2.45) is 0 Å². The van der Waals surface area contributed by atoms with Gasteiger partial charge in [0.05, 0.1) is 5.02 Å². The maximum absolute atomic E-state index is 14.3. The summed E-state index contributed by atoms with van der Waals surface area (Å²) in [6, 6.07) is 21.5. The molecule has 0 aliphatic carbocycles. The lowest BCUT2D eigenvalue weighted by molar-refractivity contribution is 0.342. The van der Waals surface area contributed by atoms with Crippen molar-refractivity contribution in [1.82, 2.24) is 0 Å². The van der Waals surface area contributed by atoms with Gasteiger partial charge in [0.15, 0.2) is 0 Å². The summed E-state index contributed by atoms with van der Waals surface area (Å²) in [5.74, 6) is -0.436. The van der Waals surface area contributed by atoms with E-state index in [1.807, 2.05) is 54.6 Å². The van der Waals surface area contributed by atoms with Crippen LogP contribution >= 0.6 is 11.6 Å². The fraction of sp³-hybridized carbons (Fsp3) is 0.0909. The van der Waals surface area contributed by atoms with Gasteiger partial charge in [0.2, 0.25) is 0 Å². The Morgan fingerprint density at radius 2 is 1.48 bits per heavy atom. The topological polar surface area (TPSA) is 0 Å². The molecule has 0 saturated carbocycles. The van der Waals surface area contributed by atoms with Gasteiger partial charge < -0.3 is 0 Å². The van der Waals surface area contributed by atoms with Crippen molar-refractivity contribution in [1.29, 1.82) is 0 Å². The first-order valence-corrected chi connectivity index (χ1v) is 8.41. The zero-order valence-corrected chi connectivity index (χ0v) is 14.3. The minimum absolute atomic E-state index is 0.112. The van der Waals surface area contributed by atoms with E-state index in [1.165, 1.54) is 12.1 Å². The Bertz CT molecular complexity index is 855. The molecule has 3 heteroatoms. The Balaban J connectivity index is 1.65. The molecule has 0 heterocycles. The summed E-state index contributed by atoms with van der Waals surface area (Å²) in [6.07, 6.45) is 3.03. The highest BCUT2D eigenvalue weighted by Gasteiger charge is 2.09. The van der Waals surface area contributed by atoms with Crippen LogP contribution in [0.4, 0.5) is 8.78 Å². The smallest absolute Gasteiger partial charge is 0.142 e. The molecule has 0 N–H and O–H groups in total. The lowest BCUT2D eigenvalue weighted by atomic mass is 10.0. The Hall–Kier alpha value is -2.45. The molecule has 0 unspecified atom stereocenters. The van der Waals surface area contributed by atoms with Crippen molar-refractivity contribution in [3.63, 3.8) is 0 Å². The Morgan fingerprint density at radius 3 is 2.16 bits per heavy atom. The molecule has 1 atom stereocenters. The van der Waals surface area contributed by atoms with Gasteiger partial charge in [-0.3, -0.25) is 0 Å². The third-order valence-electron chi connectivity index (χ3n) is 3.97. The van der Waals surface area contributed by atoms with Crippen LogP contribution in [0, 0.1) is 5.82 Å². The monoisotopic (exact) mass is 354 g/mol. The van der Waals surface area contributed by atoms with E-state index in [4.69, 9.17) is 11.6 Å². The minimum atomic E-state index is -1.01. The van der Waals surface area contributed by atoms with Gasteiger partial charge in [0, 0.05) is 6.42 Å². The minimum Gasteiger partial charge on any atom is -0.242 e. The zero-order valence-electron chi connectivity index (χ0n) is 13.5. The first-order chi connectivity index (χ1) is 12.1. The second kappa shape index (κ2) is 8.09. The molecule has 0 spiro atoms. The summed E-state index contributed by atoms with van der Waals surface area (Å²) in [5.41, 5.74) is 3.33. The molecule has 0 fully saturated rings. The van der Waals surface area contributed by atoms with Crippen LogP contribution in [0.5, 0.6) is 0 Å². The molecule has 3 rings (SSSR count). The third kappa shape index (κ3) is 4.77. The first-order valence-electron chi connectivity index (χ1n) is 8.03. The summed E-state index contributed by atoms with van der Waals surface area (Å²) in [5, 5.41) is 0.112. The molecular weight excluding hydrogens is 338 g/mol. The van der Waals surface area contributed by atoms with Gasteiger partial charge in [-0.2, -0.15) is 0 Å². The molecule has 0 saturated heterocycles. The maximum Gasteiger partial charge on any atom is 0.142 e. The number of halogens is 3. The summed E-state index contributed by atoms with van der Waals surface area (Å²) < 4.78 is 27.7. The summed E-state index contributed by atoms with van der Waals surface area (Å²) in [6.45, 7) is 0. The van der Waals surface area contributed by atoms with Crippen LogP contribution in [0.2, 0.25) is 5.02 Å². The average molecular weight is 355 g/mol. The van der Waals surface area contributed by atoms with Crippen LogP contribution in [0.3, 0.4) is 0 Å². The molecular formula is C22H17ClF2. The van der Waals surface area contributed by atoms with Gasteiger partial charge in [0.25, 0.3) is 0 Å². The standard InChI is InChI=1S/C22H17ClF2/c23-20-13-12-18(15-22(20)25)11-8-16-6-9-17(10-7-16)14-21(24)19-4-2-1-3-5-19/h1-13,15,21H,14H2/t21-/m0/s1. The van der Waals surface area contributed by atoms with Crippen molar-refractivity contribution < 1.29 is 8.78 Å². The maximum atomic E-state index is 14.3. The Morgan fingerprint density at radius 1 is 0.840 bits per heavy atom. The molecule has 3 aromatic rings. The SMILES string of the molecule is Fc1cc(C=Cc2ccc(C[C@H](F)c3ccccc3)cc2)ccc1Cl. The van der Waals surface area contributed by atoms with E-state index in [0.717, 1.165) is 16.7 Å². The van der Waals surface area contributed by atoms with Crippen molar-refractivity contribution >= 4 is 23.8 Å². The van der Waals surface area contributed by atoms with Crippen molar-refractivity contribution in [3.8, 4) is 0 Å². The highest BCUT2D eigenvalue weighted by Crippen LogP contribution is 2.23. The summed E-state index contributed by atoms with van der Waals surface area (Å²) in [4.78, 5) is 0. The molecule has 0 radical (unpaired) electrons. The normalized spacial score (nSPS) is 12.4. The van der Waals surface area contributed by atoms with E-state index >= 15 is 0 Å². The molecule has 0 bridgehead atoms. The highest BCUT2D eigenvalue weighted by molar-refractivity contribution is 6.30. The summed E-state index contributed by atoms with van der Waals surface area (Å²) in [7, 11) is 0. The van der Waals surface area contributed by atoms with Crippen LogP contribution in [0.1, 0.15) is 28.4 Å². The molecule has 126 valence electrons. The van der Waals surface area contributed by atoms with Crippen LogP contribution in [0.25, 0.3) is 12.2 Å². The van der Waals surface area contributed by atoms with Crippen molar-refractivity contribution in [2.45, 2.75) is 12.6 Å². The number of benzene rings is 3. The average Bonchev–Trinajstić information content (AvgIpc) is 2.64. The Labute approximate surface area is 151 Å². The van der Waals surface area contributed by atoms with E-state index in [-0.39, 0.29) is 5.02 Å².